The molecular weight excluding hydrogens is 320 g/mol. The van der Waals surface area contributed by atoms with Gasteiger partial charge in [0.25, 0.3) is 0 Å². The number of fused-ring (bicyclic) bond motifs is 7. The van der Waals surface area contributed by atoms with Gasteiger partial charge in [0.05, 0.1) is 18.1 Å². The number of rotatable bonds is 0. The van der Waals surface area contributed by atoms with E-state index in [1.807, 2.05) is 38.1 Å². The molecule has 1 aromatic carbocycles. The Bertz CT molecular complexity index is 892. The van der Waals surface area contributed by atoms with Crippen molar-refractivity contribution in [3.8, 4) is 11.5 Å². The first-order chi connectivity index (χ1) is 11.9. The molecule has 1 N–H and O–H groups in total. The third kappa shape index (κ3) is 1.96. The smallest absolute Gasteiger partial charge is 0.181 e. The summed E-state index contributed by atoms with van der Waals surface area (Å²) in [6.45, 7) is 4.36. The van der Waals surface area contributed by atoms with Gasteiger partial charge in [-0.25, -0.2) is 0 Å². The summed E-state index contributed by atoms with van der Waals surface area (Å²) in [5.74, 6) is 1.45. The number of benzene rings is 1. The zero-order valence-corrected chi connectivity index (χ0v) is 14.0. The molecule has 3 unspecified atom stereocenters. The molecule has 1 saturated heterocycles. The van der Waals surface area contributed by atoms with Crippen LogP contribution in [0.15, 0.2) is 42.2 Å². The largest absolute Gasteiger partial charge is 0.493 e. The summed E-state index contributed by atoms with van der Waals surface area (Å²) in [5.41, 5.74) is 0.0862. The number of ether oxygens (including phenoxy) is 3. The second-order valence-corrected chi connectivity index (χ2v) is 7.46. The Balaban J connectivity index is 1.60. The highest BCUT2D eigenvalue weighted by Crippen LogP contribution is 2.52. The highest BCUT2D eigenvalue weighted by molar-refractivity contribution is 6.01. The van der Waals surface area contributed by atoms with Crippen LogP contribution in [0.2, 0.25) is 0 Å². The van der Waals surface area contributed by atoms with Crippen LogP contribution in [0.25, 0.3) is 6.08 Å². The molecule has 3 aliphatic heterocycles. The van der Waals surface area contributed by atoms with Crippen molar-refractivity contribution in [3.63, 3.8) is 0 Å². The van der Waals surface area contributed by atoms with E-state index in [9.17, 15) is 9.90 Å². The molecule has 4 aliphatic rings. The first-order valence-corrected chi connectivity index (χ1v) is 8.40. The molecular formula is C20H18O5. The predicted molar refractivity (Wildman–Crippen MR) is 90.5 cm³/mol. The summed E-state index contributed by atoms with van der Waals surface area (Å²) in [6.07, 6.45) is 7.66. The number of hydrogen-bond donors (Lipinski definition) is 1. The van der Waals surface area contributed by atoms with E-state index in [4.69, 9.17) is 14.2 Å². The Morgan fingerprint density at radius 2 is 2.04 bits per heavy atom. The Labute approximate surface area is 145 Å². The van der Waals surface area contributed by atoms with Crippen molar-refractivity contribution in [2.24, 2.45) is 0 Å². The van der Waals surface area contributed by atoms with E-state index in [0.29, 0.717) is 6.61 Å². The van der Waals surface area contributed by atoms with Gasteiger partial charge in [-0.1, -0.05) is 6.07 Å². The lowest BCUT2D eigenvalue weighted by Crippen LogP contribution is -2.53. The molecule has 0 amide bonds. The molecule has 1 aliphatic carbocycles. The lowest BCUT2D eigenvalue weighted by atomic mass is 9.79. The normalized spacial score (nSPS) is 33.1. The second kappa shape index (κ2) is 4.55. The van der Waals surface area contributed by atoms with Crippen LogP contribution >= 0.6 is 0 Å². The van der Waals surface area contributed by atoms with E-state index in [2.05, 4.69) is 0 Å². The van der Waals surface area contributed by atoms with Crippen LogP contribution in [-0.4, -0.2) is 34.8 Å². The molecule has 0 saturated carbocycles. The minimum atomic E-state index is -1.43. The average molecular weight is 338 g/mol. The fraction of sp³-hybridized carbons (Fsp3) is 0.350. The highest BCUT2D eigenvalue weighted by atomic mass is 16.5. The van der Waals surface area contributed by atoms with Gasteiger partial charge < -0.3 is 19.3 Å². The number of ketones is 1. The van der Waals surface area contributed by atoms with E-state index in [1.165, 1.54) is 18.2 Å². The fourth-order valence-electron chi connectivity index (χ4n) is 3.97. The molecule has 0 spiro atoms. The molecule has 5 rings (SSSR count). The van der Waals surface area contributed by atoms with Crippen LogP contribution in [0, 0.1) is 0 Å². The van der Waals surface area contributed by atoms with Gasteiger partial charge in [0, 0.05) is 11.6 Å². The lowest BCUT2D eigenvalue weighted by Gasteiger charge is -2.41. The topological polar surface area (TPSA) is 65.0 Å². The minimum Gasteiger partial charge on any atom is -0.493 e. The summed E-state index contributed by atoms with van der Waals surface area (Å²) in [6, 6.07) is 3.92. The number of carbonyl (C=O) groups excluding carboxylic acids is 1. The SMILES string of the molecule is CC1(C)C=Cc2c(ccc3c2OC2C3COC3=CC(=O)C=CC32O)O1. The summed E-state index contributed by atoms with van der Waals surface area (Å²) < 4.78 is 17.9. The zero-order valence-electron chi connectivity index (χ0n) is 14.0. The van der Waals surface area contributed by atoms with Crippen molar-refractivity contribution in [1.29, 1.82) is 0 Å². The number of carbonyl (C=O) groups is 1. The summed E-state index contributed by atoms with van der Waals surface area (Å²) in [4.78, 5) is 11.6. The maximum Gasteiger partial charge on any atom is 0.181 e. The van der Waals surface area contributed by atoms with E-state index < -0.39 is 11.7 Å². The van der Waals surface area contributed by atoms with E-state index >= 15 is 0 Å². The molecule has 0 aromatic heterocycles. The highest BCUT2D eigenvalue weighted by Gasteiger charge is 2.55. The van der Waals surface area contributed by atoms with Crippen molar-refractivity contribution in [2.45, 2.75) is 37.1 Å². The molecule has 0 radical (unpaired) electrons. The monoisotopic (exact) mass is 338 g/mol. The number of allylic oxidation sites excluding steroid dienone is 2. The summed E-state index contributed by atoms with van der Waals surface area (Å²) >= 11 is 0. The number of hydrogen-bond acceptors (Lipinski definition) is 5. The molecule has 3 heterocycles. The maximum atomic E-state index is 11.6. The average Bonchev–Trinajstić information content (AvgIpc) is 2.94. The van der Waals surface area contributed by atoms with Crippen LogP contribution in [0.5, 0.6) is 11.5 Å². The second-order valence-electron chi connectivity index (χ2n) is 7.46. The molecule has 1 fully saturated rings. The van der Waals surface area contributed by atoms with Crippen LogP contribution in [-0.2, 0) is 9.53 Å². The van der Waals surface area contributed by atoms with Crippen molar-refractivity contribution >= 4 is 11.9 Å². The summed E-state index contributed by atoms with van der Waals surface area (Å²) in [7, 11) is 0. The molecule has 3 atom stereocenters. The maximum absolute atomic E-state index is 11.6. The van der Waals surface area contributed by atoms with Crippen molar-refractivity contribution in [2.75, 3.05) is 6.61 Å². The first kappa shape index (κ1) is 14.8. The van der Waals surface area contributed by atoms with Gasteiger partial charge in [-0.05, 0) is 44.2 Å². The van der Waals surface area contributed by atoms with Gasteiger partial charge in [0.1, 0.15) is 29.0 Å². The van der Waals surface area contributed by atoms with E-state index in [1.54, 1.807) is 0 Å². The Hall–Kier alpha value is -2.53. The fourth-order valence-corrected chi connectivity index (χ4v) is 3.97. The molecule has 5 heteroatoms. The van der Waals surface area contributed by atoms with Gasteiger partial charge >= 0.3 is 0 Å². The summed E-state index contributed by atoms with van der Waals surface area (Å²) in [5, 5.41) is 11.1. The van der Waals surface area contributed by atoms with E-state index in [-0.39, 0.29) is 23.1 Å². The Morgan fingerprint density at radius 1 is 1.20 bits per heavy atom. The lowest BCUT2D eigenvalue weighted by molar-refractivity contribution is -0.113. The van der Waals surface area contributed by atoms with Crippen LogP contribution in [0.4, 0.5) is 0 Å². The third-order valence-corrected chi connectivity index (χ3v) is 5.24. The van der Waals surface area contributed by atoms with Gasteiger partial charge in [-0.15, -0.1) is 0 Å². The quantitative estimate of drug-likeness (QED) is 0.787. The predicted octanol–water partition coefficient (Wildman–Crippen LogP) is 2.50. The standard InChI is InChI=1S/C20H18O5/c1-19(2)7-6-13-15(25-19)4-3-12-14-10-23-16-9-11(21)5-8-20(16,22)18(14)24-17(12)13/h3-9,14,18,22H,10H2,1-2H3. The van der Waals surface area contributed by atoms with Crippen LogP contribution < -0.4 is 9.47 Å². The van der Waals surface area contributed by atoms with Crippen LogP contribution in [0.1, 0.15) is 30.9 Å². The third-order valence-electron chi connectivity index (χ3n) is 5.24. The van der Waals surface area contributed by atoms with Crippen LogP contribution in [0.3, 0.4) is 0 Å². The molecule has 5 nitrogen and oxygen atoms in total. The van der Waals surface area contributed by atoms with Gasteiger partial charge in [0.15, 0.2) is 11.4 Å². The zero-order chi connectivity index (χ0) is 17.4. The van der Waals surface area contributed by atoms with Crippen molar-refractivity contribution < 1.29 is 24.1 Å². The van der Waals surface area contributed by atoms with Crippen molar-refractivity contribution in [1.82, 2.24) is 0 Å². The minimum absolute atomic E-state index is 0.108. The molecule has 25 heavy (non-hydrogen) atoms. The van der Waals surface area contributed by atoms with Crippen molar-refractivity contribution in [3.05, 3.63) is 53.3 Å². The van der Waals surface area contributed by atoms with Gasteiger partial charge in [-0.2, -0.15) is 0 Å². The Kier molecular flexibility index (Phi) is 2.69. The number of aliphatic hydroxyl groups is 1. The first-order valence-electron chi connectivity index (χ1n) is 8.40. The molecule has 0 bridgehead atoms. The molecule has 128 valence electrons. The Morgan fingerprint density at radius 3 is 2.88 bits per heavy atom. The van der Waals surface area contributed by atoms with Gasteiger partial charge in [0.2, 0.25) is 0 Å². The molecule has 1 aromatic rings. The van der Waals surface area contributed by atoms with Gasteiger partial charge in [-0.3, -0.25) is 4.79 Å². The van der Waals surface area contributed by atoms with E-state index in [0.717, 1.165) is 22.6 Å².